The summed E-state index contributed by atoms with van der Waals surface area (Å²) in [7, 11) is 0. The number of rotatable bonds is 6. The first-order chi connectivity index (χ1) is 12.1. The summed E-state index contributed by atoms with van der Waals surface area (Å²) >= 11 is 5.94. The Balaban J connectivity index is 1.44. The Hall–Kier alpha value is -1.68. The van der Waals surface area contributed by atoms with Crippen LogP contribution in [0.15, 0.2) is 54.6 Å². The molecule has 0 saturated carbocycles. The van der Waals surface area contributed by atoms with Gasteiger partial charge in [-0.3, -0.25) is 4.90 Å². The van der Waals surface area contributed by atoms with Crippen LogP contribution >= 0.6 is 11.6 Å². The van der Waals surface area contributed by atoms with Crippen molar-refractivity contribution in [2.24, 2.45) is 0 Å². The van der Waals surface area contributed by atoms with Gasteiger partial charge in [-0.25, -0.2) is 4.39 Å². The van der Waals surface area contributed by atoms with Crippen LogP contribution in [0.5, 0.6) is 0 Å². The molecule has 0 amide bonds. The quantitative estimate of drug-likeness (QED) is 0.777. The SMILES string of the molecule is OC(CCCN1CC=C(c2ccc(Cl)cc2)CC1)c1ccc(F)cc1. The largest absolute Gasteiger partial charge is 0.388 e. The Labute approximate surface area is 153 Å². The van der Waals surface area contributed by atoms with Crippen LogP contribution in [0.2, 0.25) is 5.02 Å². The molecule has 2 nitrogen and oxygen atoms in total. The third kappa shape index (κ3) is 5.15. The predicted molar refractivity (Wildman–Crippen MR) is 101 cm³/mol. The van der Waals surface area contributed by atoms with Crippen molar-refractivity contribution in [2.75, 3.05) is 19.6 Å². The molecule has 132 valence electrons. The van der Waals surface area contributed by atoms with E-state index in [4.69, 9.17) is 11.6 Å². The summed E-state index contributed by atoms with van der Waals surface area (Å²) in [6.07, 6.45) is 4.40. The van der Waals surface area contributed by atoms with Crippen molar-refractivity contribution in [3.63, 3.8) is 0 Å². The summed E-state index contributed by atoms with van der Waals surface area (Å²) in [6.45, 7) is 2.92. The Morgan fingerprint density at radius 1 is 1.08 bits per heavy atom. The molecule has 1 heterocycles. The molecule has 2 aromatic rings. The maximum atomic E-state index is 12.9. The molecular formula is C21H23ClFNO. The van der Waals surface area contributed by atoms with E-state index in [1.165, 1.54) is 23.3 Å². The van der Waals surface area contributed by atoms with Crippen molar-refractivity contribution in [3.8, 4) is 0 Å². The highest BCUT2D eigenvalue weighted by molar-refractivity contribution is 6.30. The summed E-state index contributed by atoms with van der Waals surface area (Å²) < 4.78 is 12.9. The molecular weight excluding hydrogens is 337 g/mol. The highest BCUT2D eigenvalue weighted by Crippen LogP contribution is 2.24. The molecule has 0 aromatic heterocycles. The fourth-order valence-corrected chi connectivity index (χ4v) is 3.33. The molecule has 1 aliphatic rings. The number of benzene rings is 2. The molecule has 3 rings (SSSR count). The zero-order chi connectivity index (χ0) is 17.6. The number of hydrogen-bond acceptors (Lipinski definition) is 2. The van der Waals surface area contributed by atoms with E-state index in [9.17, 15) is 9.50 Å². The second-order valence-corrected chi connectivity index (χ2v) is 6.93. The molecule has 1 atom stereocenters. The first kappa shape index (κ1) is 18.1. The highest BCUT2D eigenvalue weighted by Gasteiger charge is 2.14. The van der Waals surface area contributed by atoms with Crippen molar-refractivity contribution in [1.29, 1.82) is 0 Å². The lowest BCUT2D eigenvalue weighted by molar-refractivity contribution is 0.156. The van der Waals surface area contributed by atoms with Crippen LogP contribution in [-0.2, 0) is 0 Å². The Kier molecular flexibility index (Phi) is 6.24. The monoisotopic (exact) mass is 359 g/mol. The van der Waals surface area contributed by atoms with Crippen LogP contribution in [0.3, 0.4) is 0 Å². The van der Waals surface area contributed by atoms with E-state index >= 15 is 0 Å². The fraction of sp³-hybridized carbons (Fsp3) is 0.333. The number of halogens is 2. The summed E-state index contributed by atoms with van der Waals surface area (Å²) in [5, 5.41) is 11.0. The van der Waals surface area contributed by atoms with Gasteiger partial charge >= 0.3 is 0 Å². The summed E-state index contributed by atoms with van der Waals surface area (Å²) in [5.74, 6) is -0.271. The molecule has 1 aliphatic heterocycles. The van der Waals surface area contributed by atoms with E-state index in [1.807, 2.05) is 12.1 Å². The minimum absolute atomic E-state index is 0.271. The first-order valence-corrected chi connectivity index (χ1v) is 9.10. The molecule has 25 heavy (non-hydrogen) atoms. The Morgan fingerprint density at radius 3 is 2.44 bits per heavy atom. The van der Waals surface area contributed by atoms with E-state index in [1.54, 1.807) is 12.1 Å². The van der Waals surface area contributed by atoms with Crippen molar-refractivity contribution >= 4 is 17.2 Å². The van der Waals surface area contributed by atoms with Crippen LogP contribution in [0.25, 0.3) is 5.57 Å². The van der Waals surface area contributed by atoms with Crippen molar-refractivity contribution in [3.05, 3.63) is 76.6 Å². The maximum Gasteiger partial charge on any atom is 0.123 e. The average molecular weight is 360 g/mol. The molecule has 2 aromatic carbocycles. The van der Waals surface area contributed by atoms with Gasteiger partial charge in [0.25, 0.3) is 0 Å². The summed E-state index contributed by atoms with van der Waals surface area (Å²) in [4.78, 5) is 2.40. The summed E-state index contributed by atoms with van der Waals surface area (Å²) in [5.41, 5.74) is 3.40. The van der Waals surface area contributed by atoms with E-state index in [-0.39, 0.29) is 5.82 Å². The molecule has 4 heteroatoms. The van der Waals surface area contributed by atoms with Gasteiger partial charge < -0.3 is 5.11 Å². The van der Waals surface area contributed by atoms with Gasteiger partial charge in [-0.2, -0.15) is 0 Å². The Morgan fingerprint density at radius 2 is 1.80 bits per heavy atom. The zero-order valence-corrected chi connectivity index (χ0v) is 14.9. The zero-order valence-electron chi connectivity index (χ0n) is 14.2. The Bertz CT molecular complexity index is 712. The fourth-order valence-electron chi connectivity index (χ4n) is 3.20. The van der Waals surface area contributed by atoms with Gasteiger partial charge in [0.1, 0.15) is 5.82 Å². The number of aliphatic hydroxyl groups is 1. The van der Waals surface area contributed by atoms with Gasteiger partial charge in [0, 0.05) is 18.1 Å². The lowest BCUT2D eigenvalue weighted by Gasteiger charge is -2.26. The molecule has 1 N–H and O–H groups in total. The second-order valence-electron chi connectivity index (χ2n) is 6.50. The third-order valence-electron chi connectivity index (χ3n) is 4.71. The van der Waals surface area contributed by atoms with Crippen LogP contribution in [0, 0.1) is 5.82 Å². The number of nitrogens with zero attached hydrogens (tertiary/aromatic N) is 1. The van der Waals surface area contributed by atoms with E-state index in [2.05, 4.69) is 23.1 Å². The molecule has 0 aliphatic carbocycles. The molecule has 0 bridgehead atoms. The lowest BCUT2D eigenvalue weighted by Crippen LogP contribution is -2.29. The predicted octanol–water partition coefficient (Wildman–Crippen LogP) is 5.08. The van der Waals surface area contributed by atoms with Crippen LogP contribution < -0.4 is 0 Å². The molecule has 1 unspecified atom stereocenters. The second kappa shape index (κ2) is 8.61. The summed E-state index contributed by atoms with van der Waals surface area (Å²) in [6, 6.07) is 14.1. The van der Waals surface area contributed by atoms with Crippen molar-refractivity contribution in [1.82, 2.24) is 4.90 Å². The lowest BCUT2D eigenvalue weighted by atomic mass is 9.99. The van der Waals surface area contributed by atoms with Gasteiger partial charge in [-0.15, -0.1) is 0 Å². The topological polar surface area (TPSA) is 23.5 Å². The van der Waals surface area contributed by atoms with E-state index in [0.717, 1.165) is 43.1 Å². The minimum atomic E-state index is -0.523. The average Bonchev–Trinajstić information content (AvgIpc) is 2.63. The first-order valence-electron chi connectivity index (χ1n) is 8.72. The van der Waals surface area contributed by atoms with Gasteiger partial charge in [-0.05, 0) is 66.8 Å². The van der Waals surface area contributed by atoms with Crippen molar-refractivity contribution < 1.29 is 9.50 Å². The molecule has 0 radical (unpaired) electrons. The molecule has 0 saturated heterocycles. The van der Waals surface area contributed by atoms with Gasteiger partial charge in [0.15, 0.2) is 0 Å². The smallest absolute Gasteiger partial charge is 0.123 e. The van der Waals surface area contributed by atoms with Gasteiger partial charge in [-0.1, -0.05) is 41.9 Å². The van der Waals surface area contributed by atoms with E-state index in [0.29, 0.717) is 6.42 Å². The van der Waals surface area contributed by atoms with Crippen LogP contribution in [-0.4, -0.2) is 29.6 Å². The van der Waals surface area contributed by atoms with Gasteiger partial charge in [0.05, 0.1) is 6.10 Å². The standard InChI is InChI=1S/C21H23ClFNO/c22-19-7-3-16(4-8-19)17-11-14-24(15-12-17)13-1-2-21(25)18-5-9-20(23)10-6-18/h3-11,21,25H,1-2,12-15H2. The maximum absolute atomic E-state index is 12.9. The highest BCUT2D eigenvalue weighted by atomic mass is 35.5. The van der Waals surface area contributed by atoms with Crippen molar-refractivity contribution in [2.45, 2.75) is 25.4 Å². The van der Waals surface area contributed by atoms with Crippen LogP contribution in [0.4, 0.5) is 4.39 Å². The minimum Gasteiger partial charge on any atom is -0.388 e. The van der Waals surface area contributed by atoms with Gasteiger partial charge in [0.2, 0.25) is 0 Å². The van der Waals surface area contributed by atoms with E-state index < -0.39 is 6.10 Å². The number of aliphatic hydroxyl groups excluding tert-OH is 1. The molecule has 0 spiro atoms. The third-order valence-corrected chi connectivity index (χ3v) is 4.97. The molecule has 0 fully saturated rings. The van der Waals surface area contributed by atoms with Crippen LogP contribution in [0.1, 0.15) is 36.5 Å². The number of hydrogen-bond donors (Lipinski definition) is 1. The normalized spacial score (nSPS) is 16.5.